The van der Waals surface area contributed by atoms with Crippen LogP contribution in [-0.4, -0.2) is 34.8 Å². The first-order chi connectivity index (χ1) is 8.43. The molecule has 1 heterocycles. The molecule has 0 radical (unpaired) electrons. The molecular formula is C11H18N4O2S. The van der Waals surface area contributed by atoms with Crippen LogP contribution in [0.15, 0.2) is 5.38 Å². The second-order valence-corrected chi connectivity index (χ2v) is 5.32. The molecule has 0 bridgehead atoms. The summed E-state index contributed by atoms with van der Waals surface area (Å²) in [5, 5.41) is 2.35. The Labute approximate surface area is 110 Å². The Hall–Kier alpha value is -1.47. The molecule has 18 heavy (non-hydrogen) atoms. The number of hydrogen-bond donors (Lipinski definition) is 2. The minimum atomic E-state index is -0.529. The minimum absolute atomic E-state index is 0.0908. The average molecular weight is 270 g/mol. The van der Waals surface area contributed by atoms with E-state index >= 15 is 0 Å². The number of nitrogens with two attached hydrogens (primary N) is 2. The van der Waals surface area contributed by atoms with Crippen LogP contribution in [0, 0.1) is 5.92 Å². The summed E-state index contributed by atoms with van der Waals surface area (Å²) in [6, 6.07) is 0. The number of rotatable bonds is 6. The van der Waals surface area contributed by atoms with Crippen molar-refractivity contribution < 1.29 is 9.59 Å². The zero-order chi connectivity index (χ0) is 13.7. The van der Waals surface area contributed by atoms with Gasteiger partial charge < -0.3 is 16.4 Å². The van der Waals surface area contributed by atoms with Crippen molar-refractivity contribution in [2.45, 2.75) is 20.4 Å². The van der Waals surface area contributed by atoms with Gasteiger partial charge in [-0.2, -0.15) is 0 Å². The van der Waals surface area contributed by atoms with E-state index in [2.05, 4.69) is 4.98 Å². The fraction of sp³-hybridized carbons (Fsp3) is 0.545. The zero-order valence-corrected chi connectivity index (χ0v) is 11.4. The van der Waals surface area contributed by atoms with Crippen molar-refractivity contribution >= 4 is 23.2 Å². The summed E-state index contributed by atoms with van der Waals surface area (Å²) in [7, 11) is 0. The van der Waals surface area contributed by atoms with Gasteiger partial charge in [-0.05, 0) is 5.92 Å². The number of primary amides is 1. The standard InChI is InChI=1S/C11H18N4O2S/c1-7(2)4-15(5-9(13)16)11(17)8-6-18-10(3-12)14-8/h6-7H,3-5,12H2,1-2H3,(H2,13,16). The molecule has 100 valence electrons. The molecule has 1 aromatic rings. The molecule has 7 heteroatoms. The molecule has 0 saturated carbocycles. The molecule has 0 atom stereocenters. The Morgan fingerprint density at radius 3 is 2.61 bits per heavy atom. The maximum atomic E-state index is 12.2. The molecule has 0 aromatic carbocycles. The largest absolute Gasteiger partial charge is 0.368 e. The fourth-order valence-electron chi connectivity index (χ4n) is 1.51. The molecule has 4 N–H and O–H groups in total. The average Bonchev–Trinajstić information content (AvgIpc) is 2.74. The summed E-state index contributed by atoms with van der Waals surface area (Å²) < 4.78 is 0. The number of nitrogens with zero attached hydrogens (tertiary/aromatic N) is 2. The van der Waals surface area contributed by atoms with Gasteiger partial charge in [0.1, 0.15) is 10.7 Å². The third kappa shape index (κ3) is 4.08. The van der Waals surface area contributed by atoms with Gasteiger partial charge in [0.15, 0.2) is 0 Å². The van der Waals surface area contributed by atoms with Crippen molar-refractivity contribution in [3.8, 4) is 0 Å². The highest BCUT2D eigenvalue weighted by Gasteiger charge is 2.20. The van der Waals surface area contributed by atoms with Gasteiger partial charge in [0.25, 0.3) is 5.91 Å². The lowest BCUT2D eigenvalue weighted by atomic mass is 10.2. The van der Waals surface area contributed by atoms with Crippen molar-refractivity contribution in [2.24, 2.45) is 17.4 Å². The minimum Gasteiger partial charge on any atom is -0.368 e. The molecule has 1 rings (SSSR count). The first-order valence-corrected chi connectivity index (χ1v) is 6.54. The summed E-state index contributed by atoms with van der Waals surface area (Å²) in [4.78, 5) is 28.7. The third-order valence-electron chi connectivity index (χ3n) is 2.16. The van der Waals surface area contributed by atoms with Gasteiger partial charge >= 0.3 is 0 Å². The smallest absolute Gasteiger partial charge is 0.273 e. The maximum absolute atomic E-state index is 12.2. The van der Waals surface area contributed by atoms with E-state index in [9.17, 15) is 9.59 Å². The van der Waals surface area contributed by atoms with Gasteiger partial charge in [0, 0.05) is 18.5 Å². The van der Waals surface area contributed by atoms with Crippen LogP contribution < -0.4 is 11.5 Å². The number of aromatic nitrogens is 1. The predicted octanol–water partition coefficient (Wildman–Crippen LogP) is 0.185. The van der Waals surface area contributed by atoms with Crippen molar-refractivity contribution in [3.63, 3.8) is 0 Å². The van der Waals surface area contributed by atoms with Crippen LogP contribution >= 0.6 is 11.3 Å². The SMILES string of the molecule is CC(C)CN(CC(N)=O)C(=O)c1csc(CN)n1. The molecular weight excluding hydrogens is 252 g/mol. The molecule has 2 amide bonds. The molecule has 0 aliphatic rings. The van der Waals surface area contributed by atoms with Gasteiger partial charge in [0.2, 0.25) is 5.91 Å². The molecule has 0 spiro atoms. The van der Waals surface area contributed by atoms with Crippen LogP contribution in [0.3, 0.4) is 0 Å². The molecule has 0 fully saturated rings. The Kier molecular flexibility index (Phi) is 5.24. The van der Waals surface area contributed by atoms with E-state index < -0.39 is 5.91 Å². The Morgan fingerprint density at radius 1 is 1.50 bits per heavy atom. The van der Waals surface area contributed by atoms with Crippen molar-refractivity contribution in [2.75, 3.05) is 13.1 Å². The first kappa shape index (κ1) is 14.6. The Morgan fingerprint density at radius 2 is 2.17 bits per heavy atom. The number of amides is 2. The lowest BCUT2D eigenvalue weighted by Gasteiger charge is -2.22. The van der Waals surface area contributed by atoms with Crippen LogP contribution in [0.25, 0.3) is 0 Å². The van der Waals surface area contributed by atoms with Gasteiger partial charge in [0.05, 0.1) is 6.54 Å². The van der Waals surface area contributed by atoms with Gasteiger partial charge in [-0.1, -0.05) is 13.8 Å². The molecule has 0 saturated heterocycles. The number of carbonyl (C=O) groups excluding carboxylic acids is 2. The van der Waals surface area contributed by atoms with Gasteiger partial charge in [-0.25, -0.2) is 4.98 Å². The van der Waals surface area contributed by atoms with Crippen LogP contribution in [0.1, 0.15) is 29.3 Å². The molecule has 1 aromatic heterocycles. The highest BCUT2D eigenvalue weighted by Crippen LogP contribution is 2.12. The van der Waals surface area contributed by atoms with Crippen LogP contribution in [-0.2, 0) is 11.3 Å². The molecule has 6 nitrogen and oxygen atoms in total. The van der Waals surface area contributed by atoms with E-state index in [1.165, 1.54) is 16.2 Å². The van der Waals surface area contributed by atoms with Crippen LogP contribution in [0.2, 0.25) is 0 Å². The van der Waals surface area contributed by atoms with E-state index in [-0.39, 0.29) is 18.4 Å². The number of thiazole rings is 1. The van der Waals surface area contributed by atoms with Crippen molar-refractivity contribution in [1.82, 2.24) is 9.88 Å². The maximum Gasteiger partial charge on any atom is 0.273 e. The second kappa shape index (κ2) is 6.46. The van der Waals surface area contributed by atoms with Crippen molar-refractivity contribution in [1.29, 1.82) is 0 Å². The highest BCUT2D eigenvalue weighted by atomic mass is 32.1. The fourth-order valence-corrected chi connectivity index (χ4v) is 2.16. The molecule has 0 aliphatic heterocycles. The van der Waals surface area contributed by atoms with Crippen LogP contribution in [0.4, 0.5) is 0 Å². The van der Waals surface area contributed by atoms with Crippen LogP contribution in [0.5, 0.6) is 0 Å². The Balaban J connectivity index is 2.83. The second-order valence-electron chi connectivity index (χ2n) is 4.38. The monoisotopic (exact) mass is 270 g/mol. The lowest BCUT2D eigenvalue weighted by Crippen LogP contribution is -2.40. The predicted molar refractivity (Wildman–Crippen MR) is 69.9 cm³/mol. The van der Waals surface area contributed by atoms with Crippen molar-refractivity contribution in [3.05, 3.63) is 16.1 Å². The summed E-state index contributed by atoms with van der Waals surface area (Å²) in [5.41, 5.74) is 10.9. The van der Waals surface area contributed by atoms with Gasteiger partial charge in [-0.15, -0.1) is 11.3 Å². The Bertz CT molecular complexity index is 430. The normalized spacial score (nSPS) is 10.7. The van der Waals surface area contributed by atoms with E-state index in [1.54, 1.807) is 5.38 Å². The number of hydrogen-bond acceptors (Lipinski definition) is 5. The topological polar surface area (TPSA) is 102 Å². The summed E-state index contributed by atoms with van der Waals surface area (Å²) in [6.45, 7) is 4.61. The van der Waals surface area contributed by atoms with E-state index in [4.69, 9.17) is 11.5 Å². The first-order valence-electron chi connectivity index (χ1n) is 5.66. The number of carbonyl (C=O) groups is 2. The summed E-state index contributed by atoms with van der Waals surface area (Å²) in [5.74, 6) is -0.558. The van der Waals surface area contributed by atoms with E-state index in [0.717, 1.165) is 0 Å². The molecule has 0 aliphatic carbocycles. The summed E-state index contributed by atoms with van der Waals surface area (Å²) in [6.07, 6.45) is 0. The third-order valence-corrected chi connectivity index (χ3v) is 3.04. The zero-order valence-electron chi connectivity index (χ0n) is 10.5. The highest BCUT2D eigenvalue weighted by molar-refractivity contribution is 7.09. The van der Waals surface area contributed by atoms with E-state index in [0.29, 0.717) is 23.8 Å². The van der Waals surface area contributed by atoms with E-state index in [1.807, 2.05) is 13.8 Å². The van der Waals surface area contributed by atoms with Gasteiger partial charge in [-0.3, -0.25) is 9.59 Å². The summed E-state index contributed by atoms with van der Waals surface area (Å²) >= 11 is 1.33. The lowest BCUT2D eigenvalue weighted by molar-refractivity contribution is -0.118. The molecule has 0 unspecified atom stereocenters. The quantitative estimate of drug-likeness (QED) is 0.770.